The van der Waals surface area contributed by atoms with Gasteiger partial charge >= 0.3 is 0 Å². The molecule has 1 unspecified atom stereocenters. The Morgan fingerprint density at radius 2 is 1.62 bits per heavy atom. The van der Waals surface area contributed by atoms with Crippen LogP contribution in [0.4, 0.5) is 5.69 Å². The van der Waals surface area contributed by atoms with Gasteiger partial charge in [0.05, 0.1) is 18.8 Å². The van der Waals surface area contributed by atoms with Crippen molar-refractivity contribution < 1.29 is 14.3 Å². The lowest BCUT2D eigenvalue weighted by Gasteiger charge is -2.24. The standard InChI is InChI=1S/C24H21BrN4O3/c1-32-20-12-6-17(7-13-20)24(31)27-22-14-21(15-2-4-16(5-3-15)23(26)30)29(28-22)19-10-8-18(25)9-11-19/h2-13,21H,14H2,1H3,(H2,26,30)(H,27,28,31). The van der Waals surface area contributed by atoms with Gasteiger partial charge in [0.25, 0.3) is 5.91 Å². The summed E-state index contributed by atoms with van der Waals surface area (Å²) in [6.45, 7) is 0. The van der Waals surface area contributed by atoms with Crippen molar-refractivity contribution in [1.82, 2.24) is 5.32 Å². The van der Waals surface area contributed by atoms with Crippen LogP contribution in [0.2, 0.25) is 0 Å². The lowest BCUT2D eigenvalue weighted by atomic mass is 10.0. The SMILES string of the molecule is COc1ccc(C(=O)NC2=NN(c3ccc(Br)cc3)C(c3ccc(C(N)=O)cc3)C2)cc1. The largest absolute Gasteiger partial charge is 0.497 e. The second-order valence-electron chi connectivity index (χ2n) is 7.26. The van der Waals surface area contributed by atoms with E-state index in [1.807, 2.05) is 41.4 Å². The first-order chi connectivity index (χ1) is 15.4. The Morgan fingerprint density at radius 3 is 2.22 bits per heavy atom. The molecule has 0 saturated heterocycles. The summed E-state index contributed by atoms with van der Waals surface area (Å²) in [5.74, 6) is 0.515. The summed E-state index contributed by atoms with van der Waals surface area (Å²) >= 11 is 3.45. The zero-order valence-corrected chi connectivity index (χ0v) is 18.9. The molecule has 0 aliphatic carbocycles. The number of halogens is 1. The van der Waals surface area contributed by atoms with Gasteiger partial charge in [-0.3, -0.25) is 14.6 Å². The highest BCUT2D eigenvalue weighted by Gasteiger charge is 2.30. The predicted octanol–water partition coefficient (Wildman–Crippen LogP) is 4.25. The molecular weight excluding hydrogens is 472 g/mol. The van der Waals surface area contributed by atoms with Gasteiger partial charge in [-0.05, 0) is 66.2 Å². The van der Waals surface area contributed by atoms with Crippen LogP contribution in [0.3, 0.4) is 0 Å². The molecular formula is C24H21BrN4O3. The van der Waals surface area contributed by atoms with Gasteiger partial charge in [0, 0.05) is 22.0 Å². The average molecular weight is 493 g/mol. The van der Waals surface area contributed by atoms with E-state index in [-0.39, 0.29) is 11.9 Å². The van der Waals surface area contributed by atoms with Crippen molar-refractivity contribution >= 4 is 39.3 Å². The number of nitrogens with zero attached hydrogens (tertiary/aromatic N) is 2. The van der Waals surface area contributed by atoms with Crippen LogP contribution in [0.1, 0.15) is 38.7 Å². The van der Waals surface area contributed by atoms with Crippen molar-refractivity contribution in [2.45, 2.75) is 12.5 Å². The van der Waals surface area contributed by atoms with Crippen LogP contribution in [0.15, 0.2) is 82.4 Å². The molecule has 1 aliphatic rings. The van der Waals surface area contributed by atoms with Crippen LogP contribution in [-0.4, -0.2) is 24.8 Å². The first kappa shape index (κ1) is 21.6. The smallest absolute Gasteiger partial charge is 0.256 e. The highest BCUT2D eigenvalue weighted by Crippen LogP contribution is 2.35. The molecule has 0 aromatic heterocycles. The van der Waals surface area contributed by atoms with Gasteiger partial charge in [-0.25, -0.2) is 0 Å². The second kappa shape index (κ2) is 9.23. The van der Waals surface area contributed by atoms with E-state index >= 15 is 0 Å². The Morgan fingerprint density at radius 1 is 1.00 bits per heavy atom. The Bertz CT molecular complexity index is 1160. The van der Waals surface area contributed by atoms with Gasteiger partial charge in [-0.1, -0.05) is 28.1 Å². The molecule has 2 amide bonds. The van der Waals surface area contributed by atoms with Crippen molar-refractivity contribution in [1.29, 1.82) is 0 Å². The van der Waals surface area contributed by atoms with E-state index in [0.29, 0.717) is 29.1 Å². The maximum absolute atomic E-state index is 12.7. The summed E-state index contributed by atoms with van der Waals surface area (Å²) < 4.78 is 6.10. The first-order valence-corrected chi connectivity index (χ1v) is 10.7. The molecule has 3 aromatic rings. The molecule has 4 rings (SSSR count). The monoisotopic (exact) mass is 492 g/mol. The number of anilines is 1. The fraction of sp³-hybridized carbons (Fsp3) is 0.125. The van der Waals surface area contributed by atoms with Gasteiger partial charge in [-0.15, -0.1) is 0 Å². The fourth-order valence-electron chi connectivity index (χ4n) is 3.49. The minimum absolute atomic E-state index is 0.149. The van der Waals surface area contributed by atoms with Crippen molar-refractivity contribution in [3.05, 3.63) is 94.0 Å². The molecule has 1 heterocycles. The lowest BCUT2D eigenvalue weighted by Crippen LogP contribution is -2.29. The predicted molar refractivity (Wildman–Crippen MR) is 127 cm³/mol. The topological polar surface area (TPSA) is 97.0 Å². The van der Waals surface area contributed by atoms with Crippen molar-refractivity contribution in [2.75, 3.05) is 12.1 Å². The van der Waals surface area contributed by atoms with Gasteiger partial charge in [-0.2, -0.15) is 5.10 Å². The van der Waals surface area contributed by atoms with Crippen LogP contribution in [0, 0.1) is 0 Å². The zero-order valence-electron chi connectivity index (χ0n) is 17.3. The molecule has 0 fully saturated rings. The van der Waals surface area contributed by atoms with E-state index in [2.05, 4.69) is 26.3 Å². The van der Waals surface area contributed by atoms with Crippen LogP contribution in [-0.2, 0) is 0 Å². The molecule has 162 valence electrons. The number of nitrogens with two attached hydrogens (primary N) is 1. The maximum atomic E-state index is 12.7. The summed E-state index contributed by atoms with van der Waals surface area (Å²) in [6.07, 6.45) is 0.494. The number of ether oxygens (including phenoxy) is 1. The Labute approximate surface area is 194 Å². The zero-order chi connectivity index (χ0) is 22.7. The van der Waals surface area contributed by atoms with Crippen LogP contribution >= 0.6 is 15.9 Å². The molecule has 0 spiro atoms. The molecule has 1 atom stereocenters. The molecule has 0 bridgehead atoms. The summed E-state index contributed by atoms with van der Waals surface area (Å²) in [6, 6.07) is 21.6. The molecule has 7 nitrogen and oxygen atoms in total. The summed E-state index contributed by atoms with van der Waals surface area (Å²) in [4.78, 5) is 24.2. The molecule has 0 radical (unpaired) electrons. The number of hydrogen-bond acceptors (Lipinski definition) is 5. The van der Waals surface area contributed by atoms with Gasteiger partial charge in [0.1, 0.15) is 11.6 Å². The third-order valence-electron chi connectivity index (χ3n) is 5.19. The normalized spacial score (nSPS) is 15.2. The highest BCUT2D eigenvalue weighted by molar-refractivity contribution is 9.10. The van der Waals surface area contributed by atoms with E-state index in [0.717, 1.165) is 15.7 Å². The molecule has 8 heteroatoms. The summed E-state index contributed by atoms with van der Waals surface area (Å²) in [7, 11) is 1.58. The van der Waals surface area contributed by atoms with E-state index in [1.165, 1.54) is 0 Å². The van der Waals surface area contributed by atoms with E-state index in [1.54, 1.807) is 43.5 Å². The van der Waals surface area contributed by atoms with E-state index in [9.17, 15) is 9.59 Å². The molecule has 3 aromatic carbocycles. The van der Waals surface area contributed by atoms with Crippen molar-refractivity contribution in [2.24, 2.45) is 10.8 Å². The van der Waals surface area contributed by atoms with Crippen LogP contribution < -0.4 is 20.8 Å². The maximum Gasteiger partial charge on any atom is 0.256 e. The fourth-order valence-corrected chi connectivity index (χ4v) is 3.76. The number of primary amides is 1. The third kappa shape index (κ3) is 4.65. The number of hydrazone groups is 1. The van der Waals surface area contributed by atoms with E-state index < -0.39 is 5.91 Å². The Balaban J connectivity index is 1.60. The number of carbonyl (C=O) groups excluding carboxylic acids is 2. The second-order valence-corrected chi connectivity index (χ2v) is 8.17. The quantitative estimate of drug-likeness (QED) is 0.556. The number of hydrogen-bond donors (Lipinski definition) is 2. The molecule has 1 aliphatic heterocycles. The number of amides is 2. The number of rotatable bonds is 5. The summed E-state index contributed by atoms with van der Waals surface area (Å²) in [5, 5.41) is 9.48. The van der Waals surface area contributed by atoms with Gasteiger partial charge in [0.15, 0.2) is 0 Å². The van der Waals surface area contributed by atoms with E-state index in [4.69, 9.17) is 10.5 Å². The number of benzene rings is 3. The molecule has 32 heavy (non-hydrogen) atoms. The van der Waals surface area contributed by atoms with Crippen LogP contribution in [0.5, 0.6) is 5.75 Å². The van der Waals surface area contributed by atoms with Gasteiger partial charge < -0.3 is 15.8 Å². The minimum atomic E-state index is -0.476. The number of amidine groups is 1. The first-order valence-electron chi connectivity index (χ1n) is 9.92. The number of nitrogens with one attached hydrogen (secondary N) is 1. The molecule has 3 N–H and O–H groups in total. The number of methoxy groups -OCH3 is 1. The molecule has 0 saturated carbocycles. The Hall–Kier alpha value is -3.65. The minimum Gasteiger partial charge on any atom is -0.497 e. The number of carbonyl (C=O) groups is 2. The summed E-state index contributed by atoms with van der Waals surface area (Å²) in [5.41, 5.74) is 8.16. The Kier molecular flexibility index (Phi) is 6.23. The van der Waals surface area contributed by atoms with Crippen molar-refractivity contribution in [3.8, 4) is 5.75 Å². The third-order valence-corrected chi connectivity index (χ3v) is 5.72. The lowest BCUT2D eigenvalue weighted by molar-refractivity contribution is 0.0973. The highest BCUT2D eigenvalue weighted by atomic mass is 79.9. The van der Waals surface area contributed by atoms with Crippen LogP contribution in [0.25, 0.3) is 0 Å². The average Bonchev–Trinajstić information content (AvgIpc) is 3.23. The van der Waals surface area contributed by atoms with Gasteiger partial charge in [0.2, 0.25) is 5.91 Å². The van der Waals surface area contributed by atoms with Crippen molar-refractivity contribution in [3.63, 3.8) is 0 Å².